The van der Waals surface area contributed by atoms with Crippen LogP contribution < -0.4 is 11.0 Å². The third-order valence-corrected chi connectivity index (χ3v) is 3.09. The van der Waals surface area contributed by atoms with E-state index in [4.69, 9.17) is 0 Å². The average Bonchev–Trinajstić information content (AvgIpc) is 3.09. The number of nitrogens with zero attached hydrogens (tertiary/aromatic N) is 1. The number of benzene rings is 1. The SMILES string of the molecule is O=c1[nH]ccn1-c1ccc(NCC2CC2)cc1. The van der Waals surface area contributed by atoms with E-state index in [9.17, 15) is 4.79 Å². The van der Waals surface area contributed by atoms with Crippen LogP contribution >= 0.6 is 0 Å². The first kappa shape index (κ1) is 10.2. The van der Waals surface area contributed by atoms with Gasteiger partial charge in [0.05, 0.1) is 5.69 Å². The average molecular weight is 229 g/mol. The molecule has 1 aromatic heterocycles. The number of aromatic nitrogens is 2. The summed E-state index contributed by atoms with van der Waals surface area (Å²) in [5, 5.41) is 3.40. The molecule has 4 nitrogen and oxygen atoms in total. The van der Waals surface area contributed by atoms with Gasteiger partial charge >= 0.3 is 5.69 Å². The fraction of sp³-hybridized carbons (Fsp3) is 0.308. The van der Waals surface area contributed by atoms with E-state index >= 15 is 0 Å². The molecule has 1 heterocycles. The third-order valence-electron chi connectivity index (χ3n) is 3.09. The van der Waals surface area contributed by atoms with E-state index in [2.05, 4.69) is 10.3 Å². The molecular weight excluding hydrogens is 214 g/mol. The van der Waals surface area contributed by atoms with Gasteiger partial charge in [-0.25, -0.2) is 4.79 Å². The van der Waals surface area contributed by atoms with E-state index < -0.39 is 0 Å². The minimum absolute atomic E-state index is 0.108. The van der Waals surface area contributed by atoms with Crippen LogP contribution in [-0.2, 0) is 0 Å². The maximum absolute atomic E-state index is 11.4. The van der Waals surface area contributed by atoms with Crippen molar-refractivity contribution < 1.29 is 0 Å². The van der Waals surface area contributed by atoms with Gasteiger partial charge in [-0.1, -0.05) is 0 Å². The summed E-state index contributed by atoms with van der Waals surface area (Å²) >= 11 is 0. The first-order valence-electron chi connectivity index (χ1n) is 5.93. The van der Waals surface area contributed by atoms with Crippen LogP contribution in [0.15, 0.2) is 41.5 Å². The lowest BCUT2D eigenvalue weighted by Crippen LogP contribution is -2.13. The molecule has 0 unspecified atom stereocenters. The Morgan fingerprint density at radius 1 is 1.29 bits per heavy atom. The highest BCUT2D eigenvalue weighted by Crippen LogP contribution is 2.28. The normalized spacial score (nSPS) is 14.8. The number of anilines is 1. The van der Waals surface area contributed by atoms with Crippen LogP contribution in [0.4, 0.5) is 5.69 Å². The van der Waals surface area contributed by atoms with Gasteiger partial charge in [-0.2, -0.15) is 0 Å². The Bertz CT molecular complexity index is 549. The van der Waals surface area contributed by atoms with Crippen molar-refractivity contribution >= 4 is 5.69 Å². The van der Waals surface area contributed by atoms with Crippen LogP contribution in [-0.4, -0.2) is 16.1 Å². The highest BCUT2D eigenvalue weighted by atomic mass is 16.1. The molecule has 1 aliphatic carbocycles. The molecule has 2 aromatic rings. The van der Waals surface area contributed by atoms with E-state index in [1.54, 1.807) is 17.0 Å². The lowest BCUT2D eigenvalue weighted by atomic mass is 10.2. The monoisotopic (exact) mass is 229 g/mol. The number of hydrogen-bond donors (Lipinski definition) is 2. The van der Waals surface area contributed by atoms with E-state index in [0.717, 1.165) is 23.8 Å². The molecule has 0 saturated heterocycles. The lowest BCUT2D eigenvalue weighted by Gasteiger charge is -2.06. The summed E-state index contributed by atoms with van der Waals surface area (Å²) in [5.74, 6) is 0.863. The highest BCUT2D eigenvalue weighted by Gasteiger charge is 2.20. The van der Waals surface area contributed by atoms with Crippen molar-refractivity contribution in [1.82, 2.24) is 9.55 Å². The van der Waals surface area contributed by atoms with E-state index in [0.29, 0.717) is 0 Å². The van der Waals surface area contributed by atoms with Crippen LogP contribution in [0, 0.1) is 5.92 Å². The molecular formula is C13H15N3O. The smallest absolute Gasteiger partial charge is 0.330 e. The standard InChI is InChI=1S/C13H15N3O/c17-13-14-7-8-16(13)12-5-3-11(4-6-12)15-9-10-1-2-10/h3-8,10,15H,1-2,9H2,(H,14,17). The number of aromatic amines is 1. The van der Waals surface area contributed by atoms with Crippen LogP contribution in [0.2, 0.25) is 0 Å². The second kappa shape index (κ2) is 4.13. The fourth-order valence-corrected chi connectivity index (χ4v) is 1.85. The number of hydrogen-bond acceptors (Lipinski definition) is 2. The minimum atomic E-state index is -0.108. The third kappa shape index (κ3) is 2.25. The van der Waals surface area contributed by atoms with Crippen molar-refractivity contribution in [2.45, 2.75) is 12.8 Å². The first-order chi connectivity index (χ1) is 8.33. The molecule has 4 heteroatoms. The van der Waals surface area contributed by atoms with E-state index in [-0.39, 0.29) is 5.69 Å². The first-order valence-corrected chi connectivity index (χ1v) is 5.93. The molecule has 17 heavy (non-hydrogen) atoms. The van der Waals surface area contributed by atoms with E-state index in [1.807, 2.05) is 24.3 Å². The Hall–Kier alpha value is -1.97. The summed E-state index contributed by atoms with van der Waals surface area (Å²) in [6.45, 7) is 1.06. The van der Waals surface area contributed by atoms with Crippen molar-refractivity contribution in [3.63, 3.8) is 0 Å². The van der Waals surface area contributed by atoms with Gasteiger partial charge in [0, 0.05) is 24.6 Å². The molecule has 0 bridgehead atoms. The van der Waals surface area contributed by atoms with Crippen molar-refractivity contribution in [3.8, 4) is 5.69 Å². The second-order valence-corrected chi connectivity index (χ2v) is 4.51. The van der Waals surface area contributed by atoms with Gasteiger partial charge in [0.25, 0.3) is 0 Å². The molecule has 3 rings (SSSR count). The van der Waals surface area contributed by atoms with Crippen molar-refractivity contribution in [3.05, 3.63) is 47.1 Å². The highest BCUT2D eigenvalue weighted by molar-refractivity contribution is 5.48. The second-order valence-electron chi connectivity index (χ2n) is 4.51. The summed E-state index contributed by atoms with van der Waals surface area (Å²) < 4.78 is 1.59. The number of H-pyrrole nitrogens is 1. The molecule has 0 aliphatic heterocycles. The van der Waals surface area contributed by atoms with Crippen molar-refractivity contribution in [1.29, 1.82) is 0 Å². The van der Waals surface area contributed by atoms with Crippen molar-refractivity contribution in [2.24, 2.45) is 5.92 Å². The fourth-order valence-electron chi connectivity index (χ4n) is 1.85. The van der Waals surface area contributed by atoms with Gasteiger partial charge < -0.3 is 10.3 Å². The quantitative estimate of drug-likeness (QED) is 0.842. The predicted octanol–water partition coefficient (Wildman–Crippen LogP) is 1.99. The van der Waals surface area contributed by atoms with Gasteiger partial charge in [0.1, 0.15) is 0 Å². The molecule has 1 aromatic carbocycles. The molecule has 1 aliphatic rings. The Kier molecular flexibility index (Phi) is 2.48. The molecule has 2 N–H and O–H groups in total. The number of rotatable bonds is 4. The van der Waals surface area contributed by atoms with E-state index in [1.165, 1.54) is 12.8 Å². The number of imidazole rings is 1. The Balaban J connectivity index is 1.75. The summed E-state index contributed by atoms with van der Waals surface area (Å²) in [7, 11) is 0. The summed E-state index contributed by atoms with van der Waals surface area (Å²) in [6.07, 6.45) is 6.07. The topological polar surface area (TPSA) is 49.8 Å². The number of nitrogens with one attached hydrogen (secondary N) is 2. The maximum Gasteiger partial charge on any atom is 0.330 e. The molecule has 0 atom stereocenters. The minimum Gasteiger partial charge on any atom is -0.385 e. The largest absolute Gasteiger partial charge is 0.385 e. The van der Waals surface area contributed by atoms with Crippen LogP contribution in [0.25, 0.3) is 5.69 Å². The van der Waals surface area contributed by atoms with Crippen LogP contribution in [0.3, 0.4) is 0 Å². The van der Waals surface area contributed by atoms with Gasteiger partial charge in [0.15, 0.2) is 0 Å². The van der Waals surface area contributed by atoms with Gasteiger partial charge in [-0.05, 0) is 43.0 Å². The molecule has 0 radical (unpaired) electrons. The van der Waals surface area contributed by atoms with Gasteiger partial charge in [-0.3, -0.25) is 4.57 Å². The van der Waals surface area contributed by atoms with Gasteiger partial charge in [-0.15, -0.1) is 0 Å². The molecule has 1 saturated carbocycles. The summed E-state index contributed by atoms with van der Waals surface area (Å²) in [4.78, 5) is 14.0. The Morgan fingerprint density at radius 3 is 2.65 bits per heavy atom. The zero-order valence-electron chi connectivity index (χ0n) is 9.52. The lowest BCUT2D eigenvalue weighted by molar-refractivity contribution is 0.889. The van der Waals surface area contributed by atoms with Crippen LogP contribution in [0.5, 0.6) is 0 Å². The molecule has 0 amide bonds. The zero-order valence-corrected chi connectivity index (χ0v) is 9.52. The zero-order chi connectivity index (χ0) is 11.7. The molecule has 88 valence electrons. The van der Waals surface area contributed by atoms with Crippen molar-refractivity contribution in [2.75, 3.05) is 11.9 Å². The summed E-state index contributed by atoms with van der Waals surface area (Å²) in [5.41, 5.74) is 1.89. The maximum atomic E-state index is 11.4. The Labute approximate surface area is 99.3 Å². The summed E-state index contributed by atoms with van der Waals surface area (Å²) in [6, 6.07) is 7.92. The molecule has 1 fully saturated rings. The predicted molar refractivity (Wildman–Crippen MR) is 67.6 cm³/mol. The molecule has 0 spiro atoms. The van der Waals surface area contributed by atoms with Crippen LogP contribution in [0.1, 0.15) is 12.8 Å². The Morgan fingerprint density at radius 2 is 2.06 bits per heavy atom. The van der Waals surface area contributed by atoms with Gasteiger partial charge in [0.2, 0.25) is 0 Å².